The molecule has 11 heteroatoms. The first-order valence-corrected chi connectivity index (χ1v) is 12.4. The van der Waals surface area contributed by atoms with Crippen molar-refractivity contribution in [2.45, 2.75) is 38.1 Å². The molecule has 8 nitrogen and oxygen atoms in total. The minimum Gasteiger partial charge on any atom is -0.395 e. The second-order valence-corrected chi connectivity index (χ2v) is 8.96. The van der Waals surface area contributed by atoms with Crippen LogP contribution < -0.4 is 16.0 Å². The van der Waals surface area contributed by atoms with E-state index in [1.165, 1.54) is 16.8 Å². The molecule has 202 valence electrons. The molecular formula is C27H30F3N5O3. The van der Waals surface area contributed by atoms with Crippen molar-refractivity contribution < 1.29 is 27.8 Å². The van der Waals surface area contributed by atoms with Gasteiger partial charge in [-0.25, -0.2) is 4.98 Å². The number of nitrogens with zero attached hydrogens (tertiary/aromatic N) is 2. The molecule has 4 N–H and O–H groups in total. The lowest BCUT2D eigenvalue weighted by Gasteiger charge is -2.23. The summed E-state index contributed by atoms with van der Waals surface area (Å²) >= 11 is 0. The van der Waals surface area contributed by atoms with Crippen molar-refractivity contribution in [2.75, 3.05) is 38.2 Å². The number of halogens is 3. The van der Waals surface area contributed by atoms with Gasteiger partial charge in [0.2, 0.25) is 0 Å². The Morgan fingerprint density at radius 3 is 2.71 bits per heavy atom. The normalized spacial score (nSPS) is 14.2. The molecule has 0 saturated carbocycles. The van der Waals surface area contributed by atoms with Gasteiger partial charge in [-0.05, 0) is 54.7 Å². The number of carbonyl (C=O) groups excluding carboxylic acids is 1. The zero-order chi connectivity index (χ0) is 27.0. The molecule has 1 fully saturated rings. The van der Waals surface area contributed by atoms with E-state index in [1.807, 2.05) is 12.1 Å². The van der Waals surface area contributed by atoms with Crippen LogP contribution in [0.5, 0.6) is 0 Å². The number of amides is 1. The number of fused-ring (bicyclic) bond motifs is 1. The van der Waals surface area contributed by atoms with Crippen molar-refractivity contribution in [3.8, 4) is 11.8 Å². The van der Waals surface area contributed by atoms with Gasteiger partial charge in [-0.3, -0.25) is 4.79 Å². The van der Waals surface area contributed by atoms with Crippen LogP contribution in [0.15, 0.2) is 42.6 Å². The van der Waals surface area contributed by atoms with Gasteiger partial charge in [-0.15, -0.1) is 0 Å². The monoisotopic (exact) mass is 529 g/mol. The number of aliphatic hydroxyl groups is 1. The molecule has 0 atom stereocenters. The Balaban J connectivity index is 1.44. The first-order chi connectivity index (χ1) is 18.3. The van der Waals surface area contributed by atoms with Crippen molar-refractivity contribution in [3.05, 3.63) is 59.5 Å². The number of aliphatic hydroxyl groups excluding tert-OH is 1. The molecule has 1 saturated heterocycles. The maximum Gasteiger partial charge on any atom is 0.406 e. The second-order valence-electron chi connectivity index (χ2n) is 8.96. The molecule has 1 aliphatic rings. The van der Waals surface area contributed by atoms with Crippen LogP contribution in [0.1, 0.15) is 34.6 Å². The van der Waals surface area contributed by atoms with E-state index in [1.54, 1.807) is 18.2 Å². The lowest BCUT2D eigenvalue weighted by Crippen LogP contribution is -2.34. The number of anilines is 1. The Hall–Kier alpha value is -3.59. The van der Waals surface area contributed by atoms with Crippen molar-refractivity contribution in [1.82, 2.24) is 20.2 Å². The van der Waals surface area contributed by atoms with E-state index >= 15 is 0 Å². The van der Waals surface area contributed by atoms with E-state index in [2.05, 4.69) is 32.8 Å². The molecule has 0 radical (unpaired) electrons. The van der Waals surface area contributed by atoms with E-state index in [-0.39, 0.29) is 31.1 Å². The van der Waals surface area contributed by atoms with Crippen molar-refractivity contribution in [2.24, 2.45) is 0 Å². The maximum atomic E-state index is 13.4. The summed E-state index contributed by atoms with van der Waals surface area (Å²) in [6.45, 7) is 1.11. The number of pyridine rings is 1. The summed E-state index contributed by atoms with van der Waals surface area (Å²) in [5.41, 5.74) is 2.57. The molecule has 4 rings (SSSR count). The third-order valence-corrected chi connectivity index (χ3v) is 6.11. The van der Waals surface area contributed by atoms with Crippen molar-refractivity contribution in [3.63, 3.8) is 0 Å². The zero-order valence-corrected chi connectivity index (χ0v) is 20.8. The Morgan fingerprint density at radius 1 is 1.18 bits per heavy atom. The van der Waals surface area contributed by atoms with E-state index in [9.17, 15) is 18.0 Å². The quantitative estimate of drug-likeness (QED) is 0.318. The van der Waals surface area contributed by atoms with Gasteiger partial charge < -0.3 is 30.4 Å². The number of benzene rings is 1. The fourth-order valence-electron chi connectivity index (χ4n) is 4.22. The molecule has 0 unspecified atom stereocenters. The molecule has 3 heterocycles. The molecule has 1 aliphatic heterocycles. The Morgan fingerprint density at radius 2 is 2.00 bits per heavy atom. The standard InChI is InChI=1S/C27H30F3N5O3/c28-27(29,30)18-35-23(2-1-9-31-22-4-5-24(34-17-22)26(37)32-10-11-36)15-20-14-19(3-6-25(20)35)16-33-21-7-12-38-13-8-21/h3-6,14-15,17,21,31,33,36H,7-13,16,18H2,(H,32,37). The first-order valence-electron chi connectivity index (χ1n) is 12.4. The van der Waals surface area contributed by atoms with Crippen LogP contribution in [-0.4, -0.2) is 65.7 Å². The molecule has 3 aromatic rings. The smallest absolute Gasteiger partial charge is 0.395 e. The highest BCUT2D eigenvalue weighted by Crippen LogP contribution is 2.26. The zero-order valence-electron chi connectivity index (χ0n) is 20.8. The SMILES string of the molecule is O=C(NCCO)c1ccc(NCC#Cc2cc3cc(CNC4CCOCC4)ccc3n2CC(F)(F)F)cn1. The number of hydrogen-bond acceptors (Lipinski definition) is 6. The number of rotatable bonds is 9. The van der Waals surface area contributed by atoms with E-state index in [0.29, 0.717) is 29.2 Å². The van der Waals surface area contributed by atoms with Crippen LogP contribution in [0.25, 0.3) is 10.9 Å². The average Bonchev–Trinajstić information content (AvgIpc) is 3.24. The maximum absolute atomic E-state index is 13.4. The second kappa shape index (κ2) is 12.8. The fraction of sp³-hybridized carbons (Fsp3) is 0.407. The number of hydrogen-bond donors (Lipinski definition) is 4. The topological polar surface area (TPSA) is 100 Å². The molecule has 1 aromatic carbocycles. The highest BCUT2D eigenvalue weighted by atomic mass is 19.4. The van der Waals surface area contributed by atoms with Crippen molar-refractivity contribution in [1.29, 1.82) is 0 Å². The van der Waals surface area contributed by atoms with E-state index in [0.717, 1.165) is 31.6 Å². The van der Waals surface area contributed by atoms with Gasteiger partial charge in [0, 0.05) is 43.2 Å². The molecule has 0 spiro atoms. The van der Waals surface area contributed by atoms with Gasteiger partial charge in [0.1, 0.15) is 12.2 Å². The van der Waals surface area contributed by atoms with Crippen LogP contribution in [0.3, 0.4) is 0 Å². The predicted octanol–water partition coefficient (Wildman–Crippen LogP) is 3.05. The lowest BCUT2D eigenvalue weighted by molar-refractivity contribution is -0.140. The Labute approximate surface area is 218 Å². The summed E-state index contributed by atoms with van der Waals surface area (Å²) in [5, 5.41) is 18.5. The Bertz CT molecular complexity index is 1290. The number of nitrogens with one attached hydrogen (secondary N) is 3. The van der Waals surface area contributed by atoms with Crippen LogP contribution in [0.4, 0.5) is 18.9 Å². The molecule has 0 bridgehead atoms. The highest BCUT2D eigenvalue weighted by Gasteiger charge is 2.29. The van der Waals surface area contributed by atoms with Crippen LogP contribution in [-0.2, 0) is 17.8 Å². The minimum absolute atomic E-state index is 0.135. The third kappa shape index (κ3) is 7.71. The number of alkyl halides is 3. The summed E-state index contributed by atoms with van der Waals surface area (Å²) in [6, 6.07) is 10.7. The fourth-order valence-corrected chi connectivity index (χ4v) is 4.22. The number of aromatic nitrogens is 2. The number of carbonyl (C=O) groups is 1. The van der Waals surface area contributed by atoms with Gasteiger partial charge in [0.05, 0.1) is 30.7 Å². The molecule has 0 aliphatic carbocycles. The van der Waals surface area contributed by atoms with Gasteiger partial charge >= 0.3 is 6.18 Å². The van der Waals surface area contributed by atoms with Gasteiger partial charge in [-0.1, -0.05) is 12.0 Å². The highest BCUT2D eigenvalue weighted by molar-refractivity contribution is 5.92. The largest absolute Gasteiger partial charge is 0.406 e. The van der Waals surface area contributed by atoms with Gasteiger partial charge in [-0.2, -0.15) is 13.2 Å². The predicted molar refractivity (Wildman–Crippen MR) is 138 cm³/mol. The third-order valence-electron chi connectivity index (χ3n) is 6.11. The molecule has 1 amide bonds. The van der Waals surface area contributed by atoms with Crippen LogP contribution >= 0.6 is 0 Å². The van der Waals surface area contributed by atoms with Gasteiger partial charge in [0.15, 0.2) is 0 Å². The minimum atomic E-state index is -4.39. The van der Waals surface area contributed by atoms with E-state index < -0.39 is 18.6 Å². The van der Waals surface area contributed by atoms with E-state index in [4.69, 9.17) is 9.84 Å². The molecular weight excluding hydrogens is 499 g/mol. The lowest BCUT2D eigenvalue weighted by atomic mass is 10.1. The van der Waals surface area contributed by atoms with Crippen LogP contribution in [0, 0.1) is 11.8 Å². The Kier molecular flexibility index (Phi) is 9.23. The summed E-state index contributed by atoms with van der Waals surface area (Å²) in [5.74, 6) is 5.34. The molecule has 2 aromatic heterocycles. The number of ether oxygens (including phenoxy) is 1. The summed E-state index contributed by atoms with van der Waals surface area (Å²) in [4.78, 5) is 15.9. The average molecular weight is 530 g/mol. The summed E-state index contributed by atoms with van der Waals surface area (Å²) in [7, 11) is 0. The van der Waals surface area contributed by atoms with Crippen molar-refractivity contribution >= 4 is 22.5 Å². The van der Waals surface area contributed by atoms with Gasteiger partial charge in [0.25, 0.3) is 5.91 Å². The summed E-state index contributed by atoms with van der Waals surface area (Å²) in [6.07, 6.45) is -1.04. The first kappa shape index (κ1) is 27.4. The van der Waals surface area contributed by atoms with Crippen LogP contribution in [0.2, 0.25) is 0 Å². The summed E-state index contributed by atoms with van der Waals surface area (Å²) < 4.78 is 46.6. The molecule has 38 heavy (non-hydrogen) atoms.